The summed E-state index contributed by atoms with van der Waals surface area (Å²) in [5.74, 6) is 0. The molecule has 0 N–H and O–H groups in total. The summed E-state index contributed by atoms with van der Waals surface area (Å²) in [4.78, 5) is 0. The van der Waals surface area contributed by atoms with Gasteiger partial charge in [-0.3, -0.25) is 0 Å². The van der Waals surface area contributed by atoms with Gasteiger partial charge in [-0.2, -0.15) is 0 Å². The van der Waals surface area contributed by atoms with Gasteiger partial charge in [0.05, 0.1) is 25.9 Å². The van der Waals surface area contributed by atoms with Gasteiger partial charge in [0.25, 0.3) is 0 Å². The summed E-state index contributed by atoms with van der Waals surface area (Å²) in [5.41, 5.74) is 0. The van der Waals surface area contributed by atoms with Gasteiger partial charge in [-0.05, 0) is 13.8 Å². The lowest BCUT2D eigenvalue weighted by Crippen LogP contribution is -2.18. The Morgan fingerprint density at radius 1 is 1.73 bits per heavy atom. The lowest BCUT2D eigenvalue weighted by Gasteiger charge is -2.11. The Balaban J connectivity index is 1.87. The molecule has 0 aromatic rings. The maximum absolute atomic E-state index is 5.39. The molecule has 1 radical (unpaired) electrons. The largest absolute Gasteiger partial charge is 0.379 e. The van der Waals surface area contributed by atoms with Gasteiger partial charge < -0.3 is 14.2 Å². The van der Waals surface area contributed by atoms with E-state index in [1.807, 2.05) is 6.92 Å². The van der Waals surface area contributed by atoms with Gasteiger partial charge in [0.15, 0.2) is 0 Å². The zero-order valence-corrected chi connectivity index (χ0v) is 6.91. The van der Waals surface area contributed by atoms with Gasteiger partial charge in [-0.15, -0.1) is 0 Å². The Bertz CT molecular complexity index is 102. The summed E-state index contributed by atoms with van der Waals surface area (Å²) in [6.45, 7) is 8.22. The maximum Gasteiger partial charge on any atom is 0.104 e. The van der Waals surface area contributed by atoms with Gasteiger partial charge in [-0.25, -0.2) is 0 Å². The molecule has 0 aromatic heterocycles. The normalized spacial score (nSPS) is 25.1. The smallest absolute Gasteiger partial charge is 0.104 e. The van der Waals surface area contributed by atoms with E-state index in [4.69, 9.17) is 14.2 Å². The third kappa shape index (κ3) is 4.35. The molecule has 1 aliphatic heterocycles. The van der Waals surface area contributed by atoms with Crippen LogP contribution in [0.15, 0.2) is 0 Å². The summed E-state index contributed by atoms with van der Waals surface area (Å²) in [5, 5.41) is 0. The molecule has 0 bridgehead atoms. The van der Waals surface area contributed by atoms with E-state index in [0.29, 0.717) is 25.9 Å². The highest BCUT2D eigenvalue weighted by atomic mass is 16.6. The van der Waals surface area contributed by atoms with Gasteiger partial charge in [0.2, 0.25) is 0 Å². The molecule has 1 aliphatic rings. The van der Waals surface area contributed by atoms with E-state index in [-0.39, 0.29) is 6.10 Å². The van der Waals surface area contributed by atoms with Crippen LogP contribution >= 0.6 is 0 Å². The lowest BCUT2D eigenvalue weighted by molar-refractivity contribution is -0.00533. The van der Waals surface area contributed by atoms with Crippen molar-refractivity contribution in [2.24, 2.45) is 0 Å². The third-order valence-corrected chi connectivity index (χ3v) is 1.47. The van der Waals surface area contributed by atoms with E-state index in [1.54, 1.807) is 0 Å². The van der Waals surface area contributed by atoms with Crippen LogP contribution in [-0.4, -0.2) is 38.6 Å². The highest BCUT2D eigenvalue weighted by Gasteiger charge is 2.23. The second kappa shape index (κ2) is 4.70. The van der Waals surface area contributed by atoms with Crippen LogP contribution in [0.25, 0.3) is 0 Å². The quantitative estimate of drug-likeness (QED) is 0.533. The number of epoxide rings is 1. The van der Waals surface area contributed by atoms with Gasteiger partial charge in [0, 0.05) is 6.61 Å². The fourth-order valence-corrected chi connectivity index (χ4v) is 0.733. The lowest BCUT2D eigenvalue weighted by atomic mass is 10.4. The van der Waals surface area contributed by atoms with Gasteiger partial charge in [-0.1, -0.05) is 0 Å². The molecule has 0 aromatic carbocycles. The molecule has 1 heterocycles. The Hall–Kier alpha value is -0.120. The van der Waals surface area contributed by atoms with E-state index >= 15 is 0 Å². The zero-order valence-electron chi connectivity index (χ0n) is 6.91. The summed E-state index contributed by atoms with van der Waals surface area (Å²) >= 11 is 0. The minimum Gasteiger partial charge on any atom is -0.379 e. The van der Waals surface area contributed by atoms with Crippen molar-refractivity contribution in [3.05, 3.63) is 6.92 Å². The Morgan fingerprint density at radius 2 is 2.45 bits per heavy atom. The van der Waals surface area contributed by atoms with Crippen molar-refractivity contribution < 1.29 is 14.2 Å². The first-order valence-electron chi connectivity index (χ1n) is 3.93. The zero-order chi connectivity index (χ0) is 8.10. The fraction of sp³-hybridized carbons (Fsp3) is 0.875. The number of hydrogen-bond acceptors (Lipinski definition) is 3. The predicted octanol–water partition coefficient (Wildman–Crippen LogP) is 0.641. The first kappa shape index (κ1) is 8.97. The molecule has 0 saturated carbocycles. The third-order valence-electron chi connectivity index (χ3n) is 1.47. The van der Waals surface area contributed by atoms with Crippen LogP contribution in [0.2, 0.25) is 0 Å². The second-order valence-corrected chi connectivity index (χ2v) is 2.67. The number of ether oxygens (including phenoxy) is 3. The monoisotopic (exact) mass is 159 g/mol. The van der Waals surface area contributed by atoms with Crippen molar-refractivity contribution in [3.63, 3.8) is 0 Å². The second-order valence-electron chi connectivity index (χ2n) is 2.67. The van der Waals surface area contributed by atoms with Crippen LogP contribution < -0.4 is 0 Å². The number of hydrogen-bond donors (Lipinski definition) is 0. The summed E-state index contributed by atoms with van der Waals surface area (Å²) in [7, 11) is 0. The molecule has 1 saturated heterocycles. The maximum atomic E-state index is 5.39. The van der Waals surface area contributed by atoms with E-state index in [1.165, 1.54) is 0 Å². The topological polar surface area (TPSA) is 31.0 Å². The van der Waals surface area contributed by atoms with Crippen LogP contribution in [-0.2, 0) is 14.2 Å². The van der Waals surface area contributed by atoms with E-state index in [0.717, 1.165) is 6.61 Å². The SMILES string of the molecule is [CH2]COCC(C)OCC1CO1. The van der Waals surface area contributed by atoms with Crippen LogP contribution in [0.3, 0.4) is 0 Å². The molecule has 65 valence electrons. The molecule has 1 rings (SSSR count). The minimum atomic E-state index is 0.154. The molecule has 3 nitrogen and oxygen atoms in total. The molecular weight excluding hydrogens is 144 g/mol. The highest BCUT2D eigenvalue weighted by molar-refractivity contribution is 4.68. The minimum absolute atomic E-state index is 0.154. The highest BCUT2D eigenvalue weighted by Crippen LogP contribution is 2.09. The molecular formula is C8H15O3. The molecule has 0 amide bonds. The Morgan fingerprint density at radius 3 is 3.00 bits per heavy atom. The van der Waals surface area contributed by atoms with E-state index in [2.05, 4.69) is 6.92 Å². The van der Waals surface area contributed by atoms with Crippen molar-refractivity contribution in [3.8, 4) is 0 Å². The molecule has 3 heteroatoms. The summed E-state index contributed by atoms with van der Waals surface area (Å²) in [6, 6.07) is 0. The van der Waals surface area contributed by atoms with Crippen LogP contribution in [0.1, 0.15) is 6.92 Å². The summed E-state index contributed by atoms with van der Waals surface area (Å²) < 4.78 is 15.4. The van der Waals surface area contributed by atoms with Crippen LogP contribution in [0, 0.1) is 6.92 Å². The van der Waals surface area contributed by atoms with Crippen LogP contribution in [0.5, 0.6) is 0 Å². The first-order chi connectivity index (χ1) is 5.33. The molecule has 0 aliphatic carbocycles. The van der Waals surface area contributed by atoms with Crippen molar-refractivity contribution in [2.45, 2.75) is 19.1 Å². The molecule has 1 fully saturated rings. The van der Waals surface area contributed by atoms with Crippen molar-refractivity contribution in [1.29, 1.82) is 0 Å². The molecule has 2 unspecified atom stereocenters. The standard InChI is InChI=1S/C8H15O3/c1-3-9-4-7(2)10-5-8-6-11-8/h7-8H,1,3-6H2,2H3. The van der Waals surface area contributed by atoms with Gasteiger partial charge in [0.1, 0.15) is 6.10 Å². The van der Waals surface area contributed by atoms with Gasteiger partial charge >= 0.3 is 0 Å². The number of rotatable bonds is 6. The first-order valence-corrected chi connectivity index (χ1v) is 3.93. The molecule has 11 heavy (non-hydrogen) atoms. The van der Waals surface area contributed by atoms with E-state index < -0.39 is 0 Å². The van der Waals surface area contributed by atoms with Crippen molar-refractivity contribution in [1.82, 2.24) is 0 Å². The average molecular weight is 159 g/mol. The summed E-state index contributed by atoms with van der Waals surface area (Å²) in [6.07, 6.45) is 0.498. The molecule has 0 spiro atoms. The van der Waals surface area contributed by atoms with E-state index in [9.17, 15) is 0 Å². The predicted molar refractivity (Wildman–Crippen MR) is 41.3 cm³/mol. The average Bonchev–Trinajstić information content (AvgIpc) is 2.80. The van der Waals surface area contributed by atoms with Crippen LogP contribution in [0.4, 0.5) is 0 Å². The van der Waals surface area contributed by atoms with Crippen molar-refractivity contribution >= 4 is 0 Å². The van der Waals surface area contributed by atoms with Crippen molar-refractivity contribution in [2.75, 3.05) is 26.4 Å². The Kier molecular flexibility index (Phi) is 3.83. The molecule has 2 atom stereocenters. The Labute approximate surface area is 67.6 Å². The fourth-order valence-electron chi connectivity index (χ4n) is 0.733.